The van der Waals surface area contributed by atoms with Crippen molar-refractivity contribution in [1.82, 2.24) is 14.6 Å². The van der Waals surface area contributed by atoms with Crippen molar-refractivity contribution in [3.8, 4) is 0 Å². The van der Waals surface area contributed by atoms with Crippen LogP contribution in [0, 0.1) is 0 Å². The molecule has 21 heavy (non-hydrogen) atoms. The molecule has 1 atom stereocenters. The van der Waals surface area contributed by atoms with Gasteiger partial charge in [-0.25, -0.2) is 4.79 Å². The van der Waals surface area contributed by atoms with Crippen LogP contribution < -0.4 is 11.5 Å². The Kier molecular flexibility index (Phi) is 3.79. The van der Waals surface area contributed by atoms with E-state index in [-0.39, 0.29) is 6.04 Å². The normalized spacial score (nSPS) is 17.2. The second kappa shape index (κ2) is 5.73. The highest BCUT2D eigenvalue weighted by molar-refractivity contribution is 5.40. The minimum atomic E-state index is -0.418. The third-order valence-corrected chi connectivity index (χ3v) is 4.07. The van der Waals surface area contributed by atoms with Gasteiger partial charge in [-0.15, -0.1) is 0 Å². The van der Waals surface area contributed by atoms with E-state index in [1.54, 1.807) is 4.57 Å². The van der Waals surface area contributed by atoms with E-state index in [4.69, 9.17) is 10.3 Å². The summed E-state index contributed by atoms with van der Waals surface area (Å²) in [7, 11) is 0. The molecule has 3 rings (SSSR count). The van der Waals surface area contributed by atoms with Crippen LogP contribution in [0.3, 0.4) is 0 Å². The summed E-state index contributed by atoms with van der Waals surface area (Å²) in [6.07, 6.45) is 2.39. The Hall–Kier alpha value is -2.08. The first-order valence-corrected chi connectivity index (χ1v) is 7.30. The first-order chi connectivity index (χ1) is 10.1. The summed E-state index contributed by atoms with van der Waals surface area (Å²) in [5.74, 6) is 0.266. The van der Waals surface area contributed by atoms with Gasteiger partial charge in [-0.3, -0.25) is 14.0 Å². The van der Waals surface area contributed by atoms with Gasteiger partial charge in [0.2, 0.25) is 0 Å². The zero-order chi connectivity index (χ0) is 14.8. The average molecular weight is 288 g/mol. The molecule has 0 radical (unpaired) electrons. The van der Waals surface area contributed by atoms with Crippen LogP contribution in [-0.4, -0.2) is 27.7 Å². The molecule has 1 fully saturated rings. The highest BCUT2D eigenvalue weighted by atomic mass is 16.5. The van der Waals surface area contributed by atoms with Gasteiger partial charge in [0.1, 0.15) is 0 Å². The number of nitrogen functional groups attached to an aromatic ring is 1. The van der Waals surface area contributed by atoms with E-state index in [1.165, 1.54) is 12.8 Å². The molecule has 1 saturated heterocycles. The molecule has 1 aliphatic heterocycles. The van der Waals surface area contributed by atoms with Gasteiger partial charge in [-0.05, 0) is 50.6 Å². The van der Waals surface area contributed by atoms with E-state index in [0.717, 1.165) is 18.7 Å². The first-order valence-electron chi connectivity index (χ1n) is 7.30. The lowest BCUT2D eigenvalue weighted by Gasteiger charge is -2.22. The van der Waals surface area contributed by atoms with Crippen LogP contribution in [0.5, 0.6) is 0 Å². The maximum atomic E-state index is 11.9. The van der Waals surface area contributed by atoms with Crippen LogP contribution in [0.15, 0.2) is 33.6 Å². The highest BCUT2D eigenvalue weighted by Crippen LogP contribution is 2.23. The molecular weight excluding hydrogens is 268 g/mol. The molecule has 2 aromatic rings. The predicted octanol–water partition coefficient (Wildman–Crippen LogP) is 1.62. The van der Waals surface area contributed by atoms with E-state index < -0.39 is 5.76 Å². The smallest absolute Gasteiger partial charge is 0.399 e. The summed E-state index contributed by atoms with van der Waals surface area (Å²) in [6, 6.07) is 7.60. The van der Waals surface area contributed by atoms with Crippen LogP contribution >= 0.6 is 0 Å². The number of anilines is 1. The van der Waals surface area contributed by atoms with Gasteiger partial charge in [0.05, 0.1) is 12.6 Å². The number of rotatable bonds is 4. The van der Waals surface area contributed by atoms with Crippen LogP contribution in [0.4, 0.5) is 5.69 Å². The lowest BCUT2D eigenvalue weighted by atomic mass is 10.2. The lowest BCUT2D eigenvalue weighted by molar-refractivity contribution is 0.242. The van der Waals surface area contributed by atoms with Crippen LogP contribution in [-0.2, 0) is 6.54 Å². The van der Waals surface area contributed by atoms with Crippen LogP contribution in [0.2, 0.25) is 0 Å². The number of nitrogens with two attached hydrogens (primary N) is 1. The number of nitrogens with zero attached hydrogens (tertiary/aromatic N) is 3. The number of hydrogen-bond acceptors (Lipinski definition) is 5. The molecule has 1 aromatic carbocycles. The van der Waals surface area contributed by atoms with Crippen LogP contribution in [0.25, 0.3) is 0 Å². The summed E-state index contributed by atoms with van der Waals surface area (Å²) in [4.78, 5) is 14.3. The zero-order valence-electron chi connectivity index (χ0n) is 12.2. The lowest BCUT2D eigenvalue weighted by Crippen LogP contribution is -2.28. The molecule has 6 heteroatoms. The molecule has 2 N–H and O–H groups in total. The van der Waals surface area contributed by atoms with Gasteiger partial charge in [0, 0.05) is 5.69 Å². The Morgan fingerprint density at radius 3 is 2.86 bits per heavy atom. The third-order valence-electron chi connectivity index (χ3n) is 4.07. The molecule has 0 aliphatic carbocycles. The Balaban J connectivity index is 1.88. The van der Waals surface area contributed by atoms with Gasteiger partial charge in [-0.1, -0.05) is 17.3 Å². The van der Waals surface area contributed by atoms with Crippen molar-refractivity contribution < 1.29 is 4.52 Å². The Bertz CT molecular complexity index is 670. The summed E-state index contributed by atoms with van der Waals surface area (Å²) in [5, 5.41) is 3.98. The van der Waals surface area contributed by atoms with Gasteiger partial charge < -0.3 is 5.73 Å². The fraction of sp³-hybridized carbons (Fsp3) is 0.467. The SMILES string of the molecule is CC(c1noc(=O)n1Cc1cccc(N)c1)N1CCCC1. The maximum Gasteiger partial charge on any atom is 0.441 e. The second-order valence-electron chi connectivity index (χ2n) is 5.56. The maximum absolute atomic E-state index is 11.9. The largest absolute Gasteiger partial charge is 0.441 e. The second-order valence-corrected chi connectivity index (χ2v) is 5.56. The Morgan fingerprint density at radius 1 is 1.38 bits per heavy atom. The van der Waals surface area contributed by atoms with Gasteiger partial charge in [0.15, 0.2) is 5.82 Å². The molecule has 6 nitrogen and oxygen atoms in total. The molecule has 112 valence electrons. The van der Waals surface area contributed by atoms with Crippen LogP contribution in [0.1, 0.15) is 37.2 Å². The van der Waals surface area contributed by atoms with Crippen molar-refractivity contribution >= 4 is 5.69 Å². The quantitative estimate of drug-likeness (QED) is 0.865. The summed E-state index contributed by atoms with van der Waals surface area (Å²) >= 11 is 0. The standard InChI is InChI=1S/C15H20N4O2/c1-11(18-7-2-3-8-18)14-17-21-15(20)19(14)10-12-5-4-6-13(16)9-12/h4-6,9,11H,2-3,7-8,10,16H2,1H3. The Morgan fingerprint density at radius 2 is 2.14 bits per heavy atom. The van der Waals surface area contributed by atoms with Crippen molar-refractivity contribution in [1.29, 1.82) is 0 Å². The topological polar surface area (TPSA) is 77.3 Å². The van der Waals surface area contributed by atoms with Crippen molar-refractivity contribution in [2.45, 2.75) is 32.4 Å². The average Bonchev–Trinajstić information content (AvgIpc) is 3.10. The number of benzene rings is 1. The van der Waals surface area contributed by atoms with E-state index in [1.807, 2.05) is 24.3 Å². The minimum absolute atomic E-state index is 0.0833. The molecule has 0 spiro atoms. The first kappa shape index (κ1) is 13.9. The minimum Gasteiger partial charge on any atom is -0.399 e. The van der Waals surface area contributed by atoms with E-state index in [2.05, 4.69) is 17.0 Å². The summed E-state index contributed by atoms with van der Waals surface area (Å²) in [5.41, 5.74) is 7.44. The fourth-order valence-electron chi connectivity index (χ4n) is 2.89. The van der Waals surface area contributed by atoms with Crippen molar-refractivity contribution in [2.75, 3.05) is 18.8 Å². The predicted molar refractivity (Wildman–Crippen MR) is 79.9 cm³/mol. The molecule has 0 amide bonds. The van der Waals surface area contributed by atoms with Crippen molar-refractivity contribution in [3.05, 3.63) is 46.2 Å². The van der Waals surface area contributed by atoms with Crippen molar-refractivity contribution in [2.24, 2.45) is 0 Å². The molecule has 1 aromatic heterocycles. The van der Waals surface area contributed by atoms with Gasteiger partial charge in [-0.2, -0.15) is 0 Å². The Labute approximate surface area is 123 Å². The van der Waals surface area contributed by atoms with E-state index in [0.29, 0.717) is 18.1 Å². The molecular formula is C15H20N4O2. The van der Waals surface area contributed by atoms with Gasteiger partial charge >= 0.3 is 5.76 Å². The molecule has 1 aliphatic rings. The van der Waals surface area contributed by atoms with E-state index in [9.17, 15) is 4.79 Å². The number of hydrogen-bond donors (Lipinski definition) is 1. The van der Waals surface area contributed by atoms with E-state index >= 15 is 0 Å². The monoisotopic (exact) mass is 288 g/mol. The van der Waals surface area contributed by atoms with Gasteiger partial charge in [0.25, 0.3) is 0 Å². The number of aromatic nitrogens is 2. The molecule has 2 heterocycles. The third kappa shape index (κ3) is 2.85. The molecule has 0 saturated carbocycles. The summed E-state index contributed by atoms with van der Waals surface area (Å²) in [6.45, 7) is 4.58. The van der Waals surface area contributed by atoms with Crippen molar-refractivity contribution in [3.63, 3.8) is 0 Å². The molecule has 1 unspecified atom stereocenters. The number of likely N-dealkylation sites (tertiary alicyclic amines) is 1. The zero-order valence-corrected chi connectivity index (χ0v) is 12.2. The summed E-state index contributed by atoms with van der Waals surface area (Å²) < 4.78 is 6.47. The highest BCUT2D eigenvalue weighted by Gasteiger charge is 2.25. The molecule has 0 bridgehead atoms. The fourth-order valence-corrected chi connectivity index (χ4v) is 2.89.